The second kappa shape index (κ2) is 7.87. The van der Waals surface area contributed by atoms with E-state index in [9.17, 15) is 0 Å². The van der Waals surface area contributed by atoms with Gasteiger partial charge in [0.05, 0.1) is 12.2 Å². The molecule has 23 heavy (non-hydrogen) atoms. The number of ether oxygens (including phenoxy) is 2. The smallest absolute Gasteiger partial charge is 0.161 e. The SMILES string of the molecule is C1CCC(C2O[C@H](C3CCCCC3)[C@@H](C3CCCCC3)O2)CC1. The van der Waals surface area contributed by atoms with Crippen molar-refractivity contribution in [2.45, 2.75) is 115 Å². The van der Waals surface area contributed by atoms with Crippen molar-refractivity contribution in [3.05, 3.63) is 0 Å². The molecule has 3 aliphatic carbocycles. The molecule has 0 radical (unpaired) electrons. The molecule has 0 unspecified atom stereocenters. The molecule has 0 aromatic heterocycles. The van der Waals surface area contributed by atoms with E-state index in [0.717, 1.165) is 11.8 Å². The highest BCUT2D eigenvalue weighted by atomic mass is 16.7. The van der Waals surface area contributed by atoms with E-state index in [-0.39, 0.29) is 6.29 Å². The van der Waals surface area contributed by atoms with Gasteiger partial charge in [-0.05, 0) is 50.4 Å². The van der Waals surface area contributed by atoms with Gasteiger partial charge in [-0.2, -0.15) is 0 Å². The van der Waals surface area contributed by atoms with Gasteiger partial charge >= 0.3 is 0 Å². The van der Waals surface area contributed by atoms with Gasteiger partial charge in [0.1, 0.15) is 0 Å². The zero-order chi connectivity index (χ0) is 15.5. The van der Waals surface area contributed by atoms with Gasteiger partial charge in [-0.3, -0.25) is 0 Å². The van der Waals surface area contributed by atoms with E-state index in [4.69, 9.17) is 9.47 Å². The highest BCUT2D eigenvalue weighted by molar-refractivity contribution is 4.91. The quantitative estimate of drug-likeness (QED) is 0.650. The second-order valence-corrected chi connectivity index (χ2v) is 8.76. The third kappa shape index (κ3) is 3.79. The maximum atomic E-state index is 6.68. The predicted octanol–water partition coefficient (Wildman–Crippen LogP) is 5.84. The van der Waals surface area contributed by atoms with Crippen LogP contribution >= 0.6 is 0 Å². The molecule has 1 heterocycles. The van der Waals surface area contributed by atoms with Crippen molar-refractivity contribution in [3.63, 3.8) is 0 Å². The molecule has 2 nitrogen and oxygen atoms in total. The highest BCUT2D eigenvalue weighted by Crippen LogP contribution is 2.44. The Morgan fingerprint density at radius 3 is 1.13 bits per heavy atom. The average Bonchev–Trinajstić information content (AvgIpc) is 3.09. The first-order valence-corrected chi connectivity index (χ1v) is 10.7. The summed E-state index contributed by atoms with van der Waals surface area (Å²) in [5, 5.41) is 0. The zero-order valence-electron chi connectivity index (χ0n) is 14.9. The van der Waals surface area contributed by atoms with E-state index in [2.05, 4.69) is 0 Å². The first-order chi connectivity index (χ1) is 11.4. The van der Waals surface area contributed by atoms with Crippen LogP contribution in [0, 0.1) is 17.8 Å². The Labute approximate surface area is 142 Å². The summed E-state index contributed by atoms with van der Waals surface area (Å²) in [5.41, 5.74) is 0. The predicted molar refractivity (Wildman–Crippen MR) is 93.3 cm³/mol. The average molecular weight is 321 g/mol. The van der Waals surface area contributed by atoms with Gasteiger partial charge < -0.3 is 9.47 Å². The van der Waals surface area contributed by atoms with E-state index in [0.29, 0.717) is 18.1 Å². The Morgan fingerprint density at radius 2 is 0.739 bits per heavy atom. The first-order valence-electron chi connectivity index (χ1n) is 10.7. The van der Waals surface area contributed by atoms with Crippen molar-refractivity contribution in [1.29, 1.82) is 0 Å². The van der Waals surface area contributed by atoms with Crippen LogP contribution in [0.2, 0.25) is 0 Å². The molecule has 1 aliphatic heterocycles. The van der Waals surface area contributed by atoms with E-state index in [1.165, 1.54) is 96.3 Å². The summed E-state index contributed by atoms with van der Waals surface area (Å²) in [6, 6.07) is 0. The molecular formula is C21H36O2. The van der Waals surface area contributed by atoms with Crippen molar-refractivity contribution in [1.82, 2.24) is 0 Å². The maximum Gasteiger partial charge on any atom is 0.161 e. The van der Waals surface area contributed by atoms with E-state index in [1.54, 1.807) is 0 Å². The number of hydrogen-bond acceptors (Lipinski definition) is 2. The fourth-order valence-electron chi connectivity index (χ4n) is 5.81. The molecule has 0 bridgehead atoms. The van der Waals surface area contributed by atoms with E-state index < -0.39 is 0 Å². The lowest BCUT2D eigenvalue weighted by Crippen LogP contribution is -2.38. The molecule has 0 aromatic rings. The van der Waals surface area contributed by atoms with Crippen LogP contribution in [0.4, 0.5) is 0 Å². The van der Waals surface area contributed by atoms with Gasteiger partial charge in [-0.15, -0.1) is 0 Å². The van der Waals surface area contributed by atoms with Crippen LogP contribution in [-0.4, -0.2) is 18.5 Å². The standard InChI is InChI=1S/C21H36O2/c1-4-10-16(11-5-1)19-20(17-12-6-2-7-13-17)23-21(22-19)18-14-8-3-9-15-18/h16-21H,1-15H2/t19-,20-/m1/s1. The Kier molecular flexibility index (Phi) is 5.61. The molecule has 3 saturated carbocycles. The van der Waals surface area contributed by atoms with Crippen molar-refractivity contribution < 1.29 is 9.47 Å². The van der Waals surface area contributed by atoms with Gasteiger partial charge in [0.25, 0.3) is 0 Å². The topological polar surface area (TPSA) is 18.5 Å². The maximum absolute atomic E-state index is 6.68. The van der Waals surface area contributed by atoms with Crippen LogP contribution in [0.25, 0.3) is 0 Å². The monoisotopic (exact) mass is 320 g/mol. The van der Waals surface area contributed by atoms with Crippen LogP contribution in [0.5, 0.6) is 0 Å². The molecule has 0 amide bonds. The minimum absolute atomic E-state index is 0.133. The van der Waals surface area contributed by atoms with Crippen molar-refractivity contribution >= 4 is 0 Å². The molecule has 4 aliphatic rings. The third-order valence-corrected chi connectivity index (χ3v) is 7.17. The summed E-state index contributed by atoms with van der Waals surface area (Å²) in [6.45, 7) is 0. The number of hydrogen-bond donors (Lipinski definition) is 0. The van der Waals surface area contributed by atoms with E-state index >= 15 is 0 Å². The fraction of sp³-hybridized carbons (Fsp3) is 1.00. The Bertz CT molecular complexity index is 325. The van der Waals surface area contributed by atoms with Crippen LogP contribution in [0.15, 0.2) is 0 Å². The summed E-state index contributed by atoms with van der Waals surface area (Å²) in [6.07, 6.45) is 21.9. The third-order valence-electron chi connectivity index (χ3n) is 7.17. The van der Waals surface area contributed by atoms with Gasteiger partial charge in [0, 0.05) is 5.92 Å². The minimum atomic E-state index is 0.133. The molecule has 0 N–H and O–H groups in total. The van der Waals surface area contributed by atoms with Gasteiger partial charge in [0.15, 0.2) is 6.29 Å². The molecule has 4 rings (SSSR count). The van der Waals surface area contributed by atoms with Crippen molar-refractivity contribution in [3.8, 4) is 0 Å². The normalized spacial score (nSPS) is 36.5. The van der Waals surface area contributed by atoms with E-state index in [1.807, 2.05) is 0 Å². The molecule has 2 atom stereocenters. The van der Waals surface area contributed by atoms with Crippen LogP contribution < -0.4 is 0 Å². The van der Waals surface area contributed by atoms with Gasteiger partial charge in [-0.25, -0.2) is 0 Å². The summed E-state index contributed by atoms with van der Waals surface area (Å²) in [4.78, 5) is 0. The van der Waals surface area contributed by atoms with Crippen LogP contribution in [0.3, 0.4) is 0 Å². The fourth-order valence-corrected chi connectivity index (χ4v) is 5.81. The Hall–Kier alpha value is -0.0800. The summed E-state index contributed by atoms with van der Waals surface area (Å²) in [5.74, 6) is 2.25. The van der Waals surface area contributed by atoms with Crippen molar-refractivity contribution in [2.24, 2.45) is 17.8 Å². The lowest BCUT2D eigenvalue weighted by molar-refractivity contribution is -0.121. The zero-order valence-corrected chi connectivity index (χ0v) is 14.9. The van der Waals surface area contributed by atoms with Gasteiger partial charge in [-0.1, -0.05) is 57.8 Å². The molecule has 0 spiro atoms. The summed E-state index contributed by atoms with van der Waals surface area (Å²) in [7, 11) is 0. The molecule has 0 aromatic carbocycles. The van der Waals surface area contributed by atoms with Gasteiger partial charge in [0.2, 0.25) is 0 Å². The largest absolute Gasteiger partial charge is 0.346 e. The summed E-state index contributed by atoms with van der Waals surface area (Å²) < 4.78 is 13.4. The van der Waals surface area contributed by atoms with Crippen molar-refractivity contribution in [2.75, 3.05) is 0 Å². The summed E-state index contributed by atoms with van der Waals surface area (Å²) >= 11 is 0. The lowest BCUT2D eigenvalue weighted by Gasteiger charge is -2.34. The molecule has 1 saturated heterocycles. The molecule has 2 heteroatoms. The number of rotatable bonds is 3. The molecule has 4 fully saturated rings. The molecule has 132 valence electrons. The second-order valence-electron chi connectivity index (χ2n) is 8.76. The first kappa shape index (κ1) is 16.4. The lowest BCUT2D eigenvalue weighted by atomic mass is 9.77. The highest BCUT2D eigenvalue weighted by Gasteiger charge is 2.46. The van der Waals surface area contributed by atoms with Crippen LogP contribution in [-0.2, 0) is 9.47 Å². The molecular weight excluding hydrogens is 284 g/mol. The van der Waals surface area contributed by atoms with Crippen LogP contribution in [0.1, 0.15) is 96.3 Å². The Morgan fingerprint density at radius 1 is 0.391 bits per heavy atom. The minimum Gasteiger partial charge on any atom is -0.346 e. The Balaban J connectivity index is 1.45.